The molecule has 2 aromatic carbocycles. The van der Waals surface area contributed by atoms with Gasteiger partial charge in [-0.2, -0.15) is 13.2 Å². The van der Waals surface area contributed by atoms with Gasteiger partial charge in [0.1, 0.15) is 18.5 Å². The molecular weight excluding hydrogens is 514 g/mol. The first-order valence-corrected chi connectivity index (χ1v) is 12.7. The van der Waals surface area contributed by atoms with Crippen LogP contribution in [-0.2, 0) is 6.54 Å². The van der Waals surface area contributed by atoms with Gasteiger partial charge in [-0.3, -0.25) is 4.79 Å². The van der Waals surface area contributed by atoms with E-state index in [1.54, 1.807) is 42.5 Å². The van der Waals surface area contributed by atoms with Crippen LogP contribution < -0.4 is 26.0 Å². The monoisotopic (exact) mass is 545 g/mol. The second-order valence-corrected chi connectivity index (χ2v) is 9.16. The average molecular weight is 546 g/mol. The van der Waals surface area contributed by atoms with Gasteiger partial charge < -0.3 is 30.6 Å². The number of ether oxygens (including phenoxy) is 1. The van der Waals surface area contributed by atoms with Crippen LogP contribution in [0.25, 0.3) is 10.9 Å². The van der Waals surface area contributed by atoms with Gasteiger partial charge in [0, 0.05) is 29.7 Å². The molecule has 1 aromatic heterocycles. The van der Waals surface area contributed by atoms with Crippen molar-refractivity contribution < 1.29 is 27.1 Å². The van der Waals surface area contributed by atoms with Crippen LogP contribution in [0.4, 0.5) is 28.9 Å². The highest BCUT2D eigenvalue weighted by Gasteiger charge is 2.30. The molecular formula is C28H31F4N5O2. The molecule has 208 valence electrons. The normalized spacial score (nSPS) is 17.3. The highest BCUT2D eigenvalue weighted by atomic mass is 19.4. The Hall–Kier alpha value is -3.91. The minimum atomic E-state index is -4.46. The van der Waals surface area contributed by atoms with Crippen LogP contribution in [0.5, 0.6) is 5.75 Å². The number of hydrogen-bond donors (Lipinski definition) is 4. The summed E-state index contributed by atoms with van der Waals surface area (Å²) < 4.78 is 61.4. The van der Waals surface area contributed by atoms with Crippen molar-refractivity contribution in [1.82, 2.24) is 15.2 Å². The maximum absolute atomic E-state index is 14.4. The standard InChI is InChI=1S/C28H31F4N5O2/c1-3-34-27(38)18-9-10-24(26(14-18)39-2)35-12-5-6-19-15-20-22(36-23-11-13-33-16-21(23)29)7-4-8-25(20)37(19)17-28(30,31)32/h4,7-10,14-15,21,23,33,35-36H,3,11-13,16-17H2,1-2H3,(H,34,38)/t21-,23+/m0/s1. The number of alkyl halides is 4. The van der Waals surface area contributed by atoms with Crippen LogP contribution in [0, 0.1) is 11.8 Å². The van der Waals surface area contributed by atoms with E-state index in [0.29, 0.717) is 53.1 Å². The number of nitrogens with one attached hydrogen (secondary N) is 4. The predicted molar refractivity (Wildman–Crippen MR) is 144 cm³/mol. The van der Waals surface area contributed by atoms with Crippen molar-refractivity contribution in [3.05, 3.63) is 53.7 Å². The molecule has 0 spiro atoms. The summed E-state index contributed by atoms with van der Waals surface area (Å²) in [5.41, 5.74) is 2.15. The largest absolute Gasteiger partial charge is 0.495 e. The van der Waals surface area contributed by atoms with Crippen molar-refractivity contribution in [3.63, 3.8) is 0 Å². The van der Waals surface area contributed by atoms with Crippen LogP contribution in [0.3, 0.4) is 0 Å². The molecule has 3 aromatic rings. The number of fused-ring (bicyclic) bond motifs is 1. The fourth-order valence-electron chi connectivity index (χ4n) is 4.56. The van der Waals surface area contributed by atoms with Gasteiger partial charge in [-0.1, -0.05) is 12.0 Å². The van der Waals surface area contributed by atoms with Crippen molar-refractivity contribution in [2.75, 3.05) is 43.9 Å². The van der Waals surface area contributed by atoms with Gasteiger partial charge in [-0.05, 0) is 62.2 Å². The summed E-state index contributed by atoms with van der Waals surface area (Å²) in [5.74, 6) is 5.94. The van der Waals surface area contributed by atoms with E-state index in [2.05, 4.69) is 33.1 Å². The summed E-state index contributed by atoms with van der Waals surface area (Å²) in [5, 5.41) is 12.5. The number of piperidine rings is 1. The molecule has 1 amide bonds. The third-order valence-corrected chi connectivity index (χ3v) is 6.42. The first-order chi connectivity index (χ1) is 18.7. The van der Waals surface area contributed by atoms with Gasteiger partial charge in [-0.25, -0.2) is 4.39 Å². The zero-order valence-corrected chi connectivity index (χ0v) is 21.7. The Morgan fingerprint density at radius 3 is 2.74 bits per heavy atom. The molecule has 1 fully saturated rings. The molecule has 2 heterocycles. The van der Waals surface area contributed by atoms with Gasteiger partial charge in [0.2, 0.25) is 0 Å². The summed E-state index contributed by atoms with van der Waals surface area (Å²) in [7, 11) is 1.48. The second-order valence-electron chi connectivity index (χ2n) is 9.16. The van der Waals surface area contributed by atoms with Gasteiger partial charge in [0.15, 0.2) is 0 Å². The number of rotatable bonds is 8. The molecule has 4 rings (SSSR count). The van der Waals surface area contributed by atoms with Gasteiger partial charge >= 0.3 is 6.18 Å². The smallest absolute Gasteiger partial charge is 0.406 e. The third kappa shape index (κ3) is 6.95. The summed E-state index contributed by atoms with van der Waals surface area (Å²) >= 11 is 0. The zero-order valence-electron chi connectivity index (χ0n) is 21.7. The number of amides is 1. The summed E-state index contributed by atoms with van der Waals surface area (Å²) in [4.78, 5) is 12.1. The summed E-state index contributed by atoms with van der Waals surface area (Å²) in [6, 6.07) is 11.1. The molecule has 0 unspecified atom stereocenters. The van der Waals surface area contributed by atoms with E-state index in [-0.39, 0.29) is 24.7 Å². The molecule has 11 heteroatoms. The molecule has 4 N–H and O–H groups in total. The number of carbonyl (C=O) groups excluding carboxylic acids is 1. The van der Waals surface area contributed by atoms with E-state index in [0.717, 1.165) is 4.57 Å². The van der Waals surface area contributed by atoms with Crippen molar-refractivity contribution >= 4 is 28.2 Å². The second kappa shape index (κ2) is 12.3. The van der Waals surface area contributed by atoms with Crippen molar-refractivity contribution in [1.29, 1.82) is 0 Å². The van der Waals surface area contributed by atoms with Crippen molar-refractivity contribution in [2.24, 2.45) is 0 Å². The molecule has 0 bridgehead atoms. The molecule has 0 aliphatic carbocycles. The Bertz CT molecular complexity index is 1380. The minimum absolute atomic E-state index is 0.119. The first-order valence-electron chi connectivity index (χ1n) is 12.7. The Labute approximate surface area is 224 Å². The predicted octanol–water partition coefficient (Wildman–Crippen LogP) is 4.54. The third-order valence-electron chi connectivity index (χ3n) is 6.42. The first kappa shape index (κ1) is 28.1. The number of carbonyl (C=O) groups is 1. The number of methoxy groups -OCH3 is 1. The van der Waals surface area contributed by atoms with E-state index in [1.807, 2.05) is 6.92 Å². The Morgan fingerprint density at radius 2 is 2.03 bits per heavy atom. The van der Waals surface area contributed by atoms with Gasteiger partial charge in [0.05, 0.1) is 36.6 Å². The maximum atomic E-state index is 14.4. The fourth-order valence-corrected chi connectivity index (χ4v) is 4.56. The van der Waals surface area contributed by atoms with Gasteiger partial charge in [-0.15, -0.1) is 0 Å². The molecule has 0 saturated carbocycles. The molecule has 1 aliphatic heterocycles. The number of anilines is 2. The zero-order chi connectivity index (χ0) is 28.0. The van der Waals surface area contributed by atoms with E-state index >= 15 is 0 Å². The Balaban J connectivity index is 1.58. The SMILES string of the molecule is CCNC(=O)c1ccc(NCC#Cc2cc3c(N[C@@H]4CCNC[C@@H]4F)cccc3n2CC(F)(F)F)c(OC)c1. The molecule has 39 heavy (non-hydrogen) atoms. The molecule has 1 aliphatic rings. The van der Waals surface area contributed by atoms with Crippen LogP contribution >= 0.6 is 0 Å². The lowest BCUT2D eigenvalue weighted by Gasteiger charge is -2.28. The topological polar surface area (TPSA) is 79.4 Å². The van der Waals surface area contributed by atoms with E-state index in [9.17, 15) is 22.4 Å². The van der Waals surface area contributed by atoms with Crippen molar-refractivity contribution in [3.8, 4) is 17.6 Å². The number of nitrogens with zero attached hydrogens (tertiary/aromatic N) is 1. The number of benzene rings is 2. The number of hydrogen-bond acceptors (Lipinski definition) is 5. The molecule has 1 saturated heterocycles. The van der Waals surface area contributed by atoms with Crippen LogP contribution in [0.1, 0.15) is 29.4 Å². The minimum Gasteiger partial charge on any atom is -0.495 e. The highest BCUT2D eigenvalue weighted by molar-refractivity contribution is 5.95. The fraction of sp³-hybridized carbons (Fsp3) is 0.393. The van der Waals surface area contributed by atoms with Gasteiger partial charge in [0.25, 0.3) is 5.91 Å². The van der Waals surface area contributed by atoms with Crippen molar-refractivity contribution in [2.45, 2.75) is 38.3 Å². The van der Waals surface area contributed by atoms with Crippen LogP contribution in [-0.4, -0.2) is 62.2 Å². The lowest BCUT2D eigenvalue weighted by molar-refractivity contribution is -0.140. The average Bonchev–Trinajstić information content (AvgIpc) is 3.24. The molecule has 7 nitrogen and oxygen atoms in total. The lowest BCUT2D eigenvalue weighted by Crippen LogP contribution is -2.45. The van der Waals surface area contributed by atoms with Crippen LogP contribution in [0.15, 0.2) is 42.5 Å². The number of aromatic nitrogens is 1. The Kier molecular flexibility index (Phi) is 8.86. The lowest BCUT2D eigenvalue weighted by atomic mass is 10.0. The van der Waals surface area contributed by atoms with E-state index in [1.165, 1.54) is 7.11 Å². The van der Waals surface area contributed by atoms with E-state index < -0.39 is 24.9 Å². The molecule has 2 atom stereocenters. The number of halogens is 4. The van der Waals surface area contributed by atoms with E-state index in [4.69, 9.17) is 4.74 Å². The summed E-state index contributed by atoms with van der Waals surface area (Å²) in [6.07, 6.45) is -5.00. The maximum Gasteiger partial charge on any atom is 0.406 e. The molecule has 0 radical (unpaired) electrons. The quantitative estimate of drug-likeness (QED) is 0.247. The summed E-state index contributed by atoms with van der Waals surface area (Å²) in [6.45, 7) is 2.12. The Morgan fingerprint density at radius 1 is 1.21 bits per heavy atom. The highest BCUT2D eigenvalue weighted by Crippen LogP contribution is 2.31. The van der Waals surface area contributed by atoms with Crippen LogP contribution in [0.2, 0.25) is 0 Å².